The van der Waals surface area contributed by atoms with E-state index in [-0.39, 0.29) is 11.4 Å². The van der Waals surface area contributed by atoms with E-state index >= 15 is 0 Å². The Morgan fingerprint density at radius 1 is 1.32 bits per heavy atom. The second-order valence-electron chi connectivity index (χ2n) is 6.13. The first kappa shape index (κ1) is 19.8. The maximum absolute atomic E-state index is 13.3. The molecule has 0 fully saturated rings. The molecule has 28 heavy (non-hydrogen) atoms. The van der Waals surface area contributed by atoms with E-state index in [1.54, 1.807) is 36.7 Å². The molecule has 0 bridgehead atoms. The summed E-state index contributed by atoms with van der Waals surface area (Å²) in [5.41, 5.74) is 3.15. The van der Waals surface area contributed by atoms with E-state index in [2.05, 4.69) is 10.3 Å². The molecule has 0 unspecified atom stereocenters. The Morgan fingerprint density at radius 2 is 2.11 bits per heavy atom. The zero-order valence-electron chi connectivity index (χ0n) is 15.3. The zero-order chi connectivity index (χ0) is 20.1. The Kier molecular flexibility index (Phi) is 5.96. The van der Waals surface area contributed by atoms with E-state index in [1.165, 1.54) is 3.97 Å². The molecule has 9 heteroatoms. The second-order valence-corrected chi connectivity index (χ2v) is 7.91. The number of aromatic nitrogens is 2. The number of likely N-dealkylation sites (N-methyl/N-ethyl adjacent to an activating group) is 1. The van der Waals surface area contributed by atoms with Gasteiger partial charge in [0.25, 0.3) is 16.5 Å². The number of ether oxygens (including phenoxy) is 1. The third-order valence-electron chi connectivity index (χ3n) is 4.46. The molecule has 0 spiro atoms. The minimum Gasteiger partial charge on any atom is -0.492 e. The monoisotopic (exact) mass is 403 g/mol. The van der Waals surface area contributed by atoms with E-state index in [1.807, 2.05) is 13.1 Å². The molecule has 0 saturated heterocycles. The van der Waals surface area contributed by atoms with Crippen LogP contribution in [0.2, 0.25) is 0 Å². The summed E-state index contributed by atoms with van der Waals surface area (Å²) in [6, 6.07) is 8.82. The molecule has 3 aromatic rings. The van der Waals surface area contributed by atoms with E-state index in [0.717, 1.165) is 29.6 Å². The van der Waals surface area contributed by atoms with Gasteiger partial charge in [-0.2, -0.15) is 0 Å². The Balaban J connectivity index is 0.000000706. The van der Waals surface area contributed by atoms with Crippen molar-refractivity contribution in [2.24, 2.45) is 0 Å². The SMILES string of the molecule is CNCCc1cn(S(=O)(=O)c2cccc3c2OCC3)c2cccnc12.O=CO. The average Bonchev–Trinajstić information content (AvgIpc) is 3.31. The van der Waals surface area contributed by atoms with Crippen LogP contribution in [0.15, 0.2) is 47.6 Å². The van der Waals surface area contributed by atoms with E-state index < -0.39 is 10.0 Å². The van der Waals surface area contributed by atoms with Gasteiger partial charge in [-0.1, -0.05) is 12.1 Å². The van der Waals surface area contributed by atoms with Gasteiger partial charge in [0.15, 0.2) is 0 Å². The minimum absolute atomic E-state index is 0.211. The van der Waals surface area contributed by atoms with Gasteiger partial charge in [0.1, 0.15) is 10.6 Å². The summed E-state index contributed by atoms with van der Waals surface area (Å²) in [5.74, 6) is 0.477. The number of nitrogens with one attached hydrogen (secondary N) is 1. The summed E-state index contributed by atoms with van der Waals surface area (Å²) in [6.45, 7) is 1.02. The Morgan fingerprint density at radius 3 is 2.86 bits per heavy atom. The summed E-state index contributed by atoms with van der Waals surface area (Å²) in [6.07, 6.45) is 4.81. The first-order chi connectivity index (χ1) is 13.5. The van der Waals surface area contributed by atoms with E-state index in [9.17, 15) is 8.42 Å². The molecule has 0 radical (unpaired) electrons. The molecular formula is C19H21N3O5S. The maximum Gasteiger partial charge on any atom is 0.290 e. The number of para-hydroxylation sites is 1. The van der Waals surface area contributed by atoms with Gasteiger partial charge >= 0.3 is 0 Å². The van der Waals surface area contributed by atoms with Crippen LogP contribution in [0.5, 0.6) is 5.75 Å². The van der Waals surface area contributed by atoms with Gasteiger partial charge < -0.3 is 15.2 Å². The fourth-order valence-corrected chi connectivity index (χ4v) is 4.79. The Hall–Kier alpha value is -2.91. The van der Waals surface area contributed by atoms with Crippen LogP contribution in [0.25, 0.3) is 11.0 Å². The second kappa shape index (κ2) is 8.41. The van der Waals surface area contributed by atoms with Crippen LogP contribution in [-0.2, 0) is 27.7 Å². The predicted molar refractivity (Wildman–Crippen MR) is 104 cm³/mol. The number of nitrogens with zero attached hydrogens (tertiary/aromatic N) is 2. The van der Waals surface area contributed by atoms with Crippen molar-refractivity contribution in [3.05, 3.63) is 53.9 Å². The van der Waals surface area contributed by atoms with Gasteiger partial charge in [-0.15, -0.1) is 0 Å². The fraction of sp³-hybridized carbons (Fsp3) is 0.263. The van der Waals surface area contributed by atoms with Crippen molar-refractivity contribution in [3.63, 3.8) is 0 Å². The Bertz CT molecular complexity index is 1090. The van der Waals surface area contributed by atoms with Crippen molar-refractivity contribution in [1.82, 2.24) is 14.3 Å². The van der Waals surface area contributed by atoms with E-state index in [4.69, 9.17) is 14.6 Å². The quantitative estimate of drug-likeness (QED) is 0.624. The van der Waals surface area contributed by atoms with Crippen LogP contribution in [0.3, 0.4) is 0 Å². The standard InChI is InChI=1S/C18H19N3O3S.CH2O2/c1-19-10-7-14-12-21(15-5-3-9-20-17(14)15)25(22,23)16-6-2-4-13-8-11-24-18(13)16;2-1-3/h2-6,9,12,19H,7-8,10-11H2,1H3;1H,(H,2,3). The van der Waals surface area contributed by atoms with Gasteiger partial charge in [0.2, 0.25) is 0 Å². The minimum atomic E-state index is -3.76. The van der Waals surface area contributed by atoms with Crippen LogP contribution in [0, 0.1) is 0 Å². The van der Waals surface area contributed by atoms with E-state index in [0.29, 0.717) is 24.3 Å². The van der Waals surface area contributed by atoms with Crippen LogP contribution in [-0.4, -0.2) is 49.2 Å². The molecule has 0 amide bonds. The normalized spacial score (nSPS) is 12.8. The van der Waals surface area contributed by atoms with Crippen LogP contribution in [0.4, 0.5) is 0 Å². The van der Waals surface area contributed by atoms with Gasteiger partial charge in [-0.05, 0) is 49.3 Å². The largest absolute Gasteiger partial charge is 0.492 e. The number of fused-ring (bicyclic) bond motifs is 2. The predicted octanol–water partition coefficient (Wildman–Crippen LogP) is 1.67. The molecule has 4 rings (SSSR count). The van der Waals surface area contributed by atoms with Gasteiger partial charge in [-0.25, -0.2) is 12.4 Å². The molecular weight excluding hydrogens is 382 g/mol. The lowest BCUT2D eigenvalue weighted by molar-refractivity contribution is -0.122. The lowest BCUT2D eigenvalue weighted by atomic mass is 10.2. The third-order valence-corrected chi connectivity index (χ3v) is 6.16. The smallest absolute Gasteiger partial charge is 0.290 e. The van der Waals surface area contributed by atoms with Crippen LogP contribution >= 0.6 is 0 Å². The fourth-order valence-electron chi connectivity index (χ4n) is 3.23. The molecule has 0 saturated carbocycles. The summed E-state index contributed by atoms with van der Waals surface area (Å²) in [7, 11) is -1.89. The molecule has 2 aromatic heterocycles. The summed E-state index contributed by atoms with van der Waals surface area (Å²) in [5, 5.41) is 9.98. The van der Waals surface area contributed by atoms with Gasteiger partial charge in [0.05, 0.1) is 17.6 Å². The van der Waals surface area contributed by atoms with Crippen LogP contribution in [0.1, 0.15) is 11.1 Å². The lowest BCUT2D eigenvalue weighted by Crippen LogP contribution is -2.13. The number of carboxylic acid groups (broad SMARTS) is 1. The summed E-state index contributed by atoms with van der Waals surface area (Å²) >= 11 is 0. The van der Waals surface area contributed by atoms with Crippen molar-refractivity contribution < 1.29 is 23.1 Å². The third kappa shape index (κ3) is 3.58. The number of hydrogen-bond acceptors (Lipinski definition) is 6. The number of rotatable bonds is 5. The zero-order valence-corrected chi connectivity index (χ0v) is 16.1. The Labute approximate surface area is 162 Å². The average molecular weight is 403 g/mol. The van der Waals surface area contributed by atoms with Crippen molar-refractivity contribution in [3.8, 4) is 5.75 Å². The van der Waals surface area contributed by atoms with Crippen LogP contribution < -0.4 is 10.1 Å². The summed E-state index contributed by atoms with van der Waals surface area (Å²) in [4.78, 5) is 13.0. The van der Waals surface area contributed by atoms with Gasteiger partial charge in [-0.3, -0.25) is 9.78 Å². The first-order valence-electron chi connectivity index (χ1n) is 8.72. The molecule has 1 aliphatic rings. The highest BCUT2D eigenvalue weighted by molar-refractivity contribution is 7.90. The lowest BCUT2D eigenvalue weighted by Gasteiger charge is -2.11. The molecule has 8 nitrogen and oxygen atoms in total. The molecule has 1 aromatic carbocycles. The first-order valence-corrected chi connectivity index (χ1v) is 10.2. The number of carbonyl (C=O) groups is 1. The highest BCUT2D eigenvalue weighted by Crippen LogP contribution is 2.35. The molecule has 1 aliphatic heterocycles. The maximum atomic E-state index is 13.3. The van der Waals surface area contributed by atoms with Crippen molar-refractivity contribution >= 4 is 27.5 Å². The van der Waals surface area contributed by atoms with Crippen molar-refractivity contribution in [2.75, 3.05) is 20.2 Å². The van der Waals surface area contributed by atoms with Gasteiger partial charge in [0, 0.05) is 18.8 Å². The number of benzene rings is 1. The molecule has 2 N–H and O–H groups in total. The summed E-state index contributed by atoms with van der Waals surface area (Å²) < 4.78 is 33.6. The highest BCUT2D eigenvalue weighted by Gasteiger charge is 2.28. The molecule has 3 heterocycles. The molecule has 0 aliphatic carbocycles. The topological polar surface area (TPSA) is 111 Å². The molecule has 148 valence electrons. The molecule has 0 atom stereocenters. The highest BCUT2D eigenvalue weighted by atomic mass is 32.2. The van der Waals surface area contributed by atoms with Crippen molar-refractivity contribution in [2.45, 2.75) is 17.7 Å². The number of hydrogen-bond donors (Lipinski definition) is 2. The number of pyridine rings is 1. The van der Waals surface area contributed by atoms with Crippen molar-refractivity contribution in [1.29, 1.82) is 0 Å².